The molecule has 0 atom stereocenters. The molecule has 0 saturated heterocycles. The van der Waals surface area contributed by atoms with Crippen molar-refractivity contribution in [3.63, 3.8) is 0 Å². The first-order valence-corrected chi connectivity index (χ1v) is 11.2. The second-order valence-electron chi connectivity index (χ2n) is 9.50. The fourth-order valence-electron chi connectivity index (χ4n) is 5.48. The molecule has 31 heavy (non-hydrogen) atoms. The van der Waals surface area contributed by atoms with Crippen molar-refractivity contribution in [1.29, 1.82) is 0 Å². The molecule has 0 unspecified atom stereocenters. The fourth-order valence-corrected chi connectivity index (χ4v) is 5.48. The third kappa shape index (κ3) is 3.56. The van der Waals surface area contributed by atoms with Crippen LogP contribution in [-0.2, 0) is 18.4 Å². The molecular weight excluding hydrogens is 393 g/mol. The maximum atomic E-state index is 14.3. The summed E-state index contributed by atoms with van der Waals surface area (Å²) in [5, 5.41) is 10.6. The van der Waals surface area contributed by atoms with Crippen molar-refractivity contribution in [3.05, 3.63) is 63.1 Å². The van der Waals surface area contributed by atoms with Crippen LogP contribution >= 0.6 is 0 Å². The molecule has 2 heterocycles. The first kappa shape index (κ1) is 21.6. The molecule has 2 aliphatic rings. The zero-order valence-electron chi connectivity index (χ0n) is 19.0. The van der Waals surface area contributed by atoms with Gasteiger partial charge in [0, 0.05) is 31.0 Å². The summed E-state index contributed by atoms with van der Waals surface area (Å²) in [4.78, 5) is 19.0. The number of nitrogens with zero attached hydrogens (tertiary/aromatic N) is 3. The number of aryl methyl sites for hydroxylation is 2. The van der Waals surface area contributed by atoms with Crippen LogP contribution in [0.5, 0.6) is 5.75 Å². The Balaban J connectivity index is 1.83. The zero-order valence-corrected chi connectivity index (χ0v) is 19.0. The van der Waals surface area contributed by atoms with Gasteiger partial charge in [-0.3, -0.25) is 4.79 Å². The van der Waals surface area contributed by atoms with E-state index in [1.165, 1.54) is 0 Å². The third-order valence-corrected chi connectivity index (χ3v) is 7.15. The van der Waals surface area contributed by atoms with Gasteiger partial charge in [-0.05, 0) is 57.2 Å². The SMILES string of the molecule is C=C1c2c(O)c(=O)nc(CC3(c4cc(C)c(F)c(C)c4)CCCC3)n2CCN1C(C)C. The molecule has 5 nitrogen and oxygen atoms in total. The molecule has 1 fully saturated rings. The summed E-state index contributed by atoms with van der Waals surface area (Å²) in [6, 6.07) is 4.14. The monoisotopic (exact) mass is 425 g/mol. The number of aromatic hydroxyl groups is 1. The van der Waals surface area contributed by atoms with Crippen LogP contribution in [0.15, 0.2) is 23.5 Å². The van der Waals surface area contributed by atoms with E-state index in [1.54, 1.807) is 0 Å². The van der Waals surface area contributed by atoms with E-state index in [2.05, 4.69) is 30.3 Å². The second kappa shape index (κ2) is 7.81. The molecule has 2 aromatic rings. The highest BCUT2D eigenvalue weighted by atomic mass is 19.1. The number of aromatic nitrogens is 2. The van der Waals surface area contributed by atoms with Gasteiger partial charge in [-0.25, -0.2) is 4.39 Å². The summed E-state index contributed by atoms with van der Waals surface area (Å²) in [7, 11) is 0. The Labute approximate surface area is 183 Å². The predicted octanol–water partition coefficient (Wildman–Crippen LogP) is 4.45. The minimum Gasteiger partial charge on any atom is -0.501 e. The van der Waals surface area contributed by atoms with Crippen molar-refractivity contribution < 1.29 is 9.50 Å². The fraction of sp³-hybridized carbons (Fsp3) is 0.520. The topological polar surface area (TPSA) is 58.4 Å². The van der Waals surface area contributed by atoms with E-state index in [9.17, 15) is 14.3 Å². The summed E-state index contributed by atoms with van der Waals surface area (Å²) in [6.45, 7) is 13.3. The number of benzene rings is 1. The summed E-state index contributed by atoms with van der Waals surface area (Å²) in [6.07, 6.45) is 4.73. The Morgan fingerprint density at radius 2 is 1.81 bits per heavy atom. The lowest BCUT2D eigenvalue weighted by Crippen LogP contribution is -2.40. The van der Waals surface area contributed by atoms with Crippen LogP contribution in [0.4, 0.5) is 4.39 Å². The molecule has 1 aromatic carbocycles. The van der Waals surface area contributed by atoms with Gasteiger partial charge in [-0.2, -0.15) is 4.98 Å². The Morgan fingerprint density at radius 1 is 1.19 bits per heavy atom. The van der Waals surface area contributed by atoms with Gasteiger partial charge in [0.25, 0.3) is 0 Å². The van der Waals surface area contributed by atoms with Crippen LogP contribution in [0.25, 0.3) is 5.70 Å². The number of halogens is 1. The second-order valence-corrected chi connectivity index (χ2v) is 9.50. The van der Waals surface area contributed by atoms with E-state index >= 15 is 0 Å². The van der Waals surface area contributed by atoms with Crippen LogP contribution in [-0.4, -0.2) is 32.1 Å². The standard InChI is InChI=1S/C25H32FN3O2/c1-15(2)28-10-11-29-20(27-24(31)23(30)22(29)18(28)5)14-25(8-6-7-9-25)19-12-16(3)21(26)17(4)13-19/h12-13,15,30H,5-11,14H2,1-4H3. The summed E-state index contributed by atoms with van der Waals surface area (Å²) in [5.74, 6) is 0.204. The average molecular weight is 426 g/mol. The normalized spacial score (nSPS) is 18.0. The lowest BCUT2D eigenvalue weighted by Gasteiger charge is -2.38. The van der Waals surface area contributed by atoms with Crippen LogP contribution in [0, 0.1) is 19.7 Å². The lowest BCUT2D eigenvalue weighted by atomic mass is 9.74. The molecule has 6 heteroatoms. The lowest BCUT2D eigenvalue weighted by molar-refractivity contribution is 0.282. The smallest absolute Gasteiger partial charge is 0.315 e. The van der Waals surface area contributed by atoms with Gasteiger partial charge in [-0.15, -0.1) is 0 Å². The summed E-state index contributed by atoms with van der Waals surface area (Å²) in [5.41, 5.74) is 2.78. The van der Waals surface area contributed by atoms with E-state index in [-0.39, 0.29) is 23.0 Å². The third-order valence-electron chi connectivity index (χ3n) is 7.15. The molecular formula is C25H32FN3O2. The number of fused-ring (bicyclic) bond motifs is 1. The molecule has 0 bridgehead atoms. The Morgan fingerprint density at radius 3 is 2.39 bits per heavy atom. The van der Waals surface area contributed by atoms with Crippen LogP contribution in [0.1, 0.15) is 67.7 Å². The molecule has 1 aromatic heterocycles. The zero-order chi connectivity index (χ0) is 22.5. The van der Waals surface area contributed by atoms with Gasteiger partial charge in [0.2, 0.25) is 5.75 Å². The first-order valence-electron chi connectivity index (χ1n) is 11.2. The number of hydrogen-bond donors (Lipinski definition) is 1. The molecule has 1 aliphatic heterocycles. The first-order chi connectivity index (χ1) is 14.6. The molecule has 0 amide bonds. The van der Waals surface area contributed by atoms with Gasteiger partial charge in [-0.1, -0.05) is 31.6 Å². The molecule has 1 N–H and O–H groups in total. The maximum absolute atomic E-state index is 14.3. The van der Waals surface area contributed by atoms with Crippen molar-refractivity contribution in [2.75, 3.05) is 6.54 Å². The largest absolute Gasteiger partial charge is 0.501 e. The van der Waals surface area contributed by atoms with Gasteiger partial charge in [0.15, 0.2) is 0 Å². The van der Waals surface area contributed by atoms with Gasteiger partial charge in [0.05, 0.1) is 5.70 Å². The minimum atomic E-state index is -0.604. The summed E-state index contributed by atoms with van der Waals surface area (Å²) < 4.78 is 16.3. The number of rotatable bonds is 4. The Bertz CT molecular complexity index is 1070. The molecule has 0 spiro atoms. The highest BCUT2D eigenvalue weighted by Gasteiger charge is 2.39. The van der Waals surface area contributed by atoms with Crippen molar-refractivity contribution in [2.24, 2.45) is 0 Å². The molecule has 1 saturated carbocycles. The van der Waals surface area contributed by atoms with E-state index in [1.807, 2.05) is 30.5 Å². The van der Waals surface area contributed by atoms with E-state index in [4.69, 9.17) is 0 Å². The molecule has 0 radical (unpaired) electrons. The van der Waals surface area contributed by atoms with Crippen LogP contribution < -0.4 is 5.56 Å². The van der Waals surface area contributed by atoms with Crippen LogP contribution in [0.2, 0.25) is 0 Å². The highest BCUT2D eigenvalue weighted by molar-refractivity contribution is 5.65. The van der Waals surface area contributed by atoms with Gasteiger partial charge < -0.3 is 14.6 Å². The Kier molecular flexibility index (Phi) is 5.44. The molecule has 166 valence electrons. The highest BCUT2D eigenvalue weighted by Crippen LogP contribution is 2.45. The van der Waals surface area contributed by atoms with E-state index in [0.717, 1.165) is 37.8 Å². The van der Waals surface area contributed by atoms with Crippen molar-refractivity contribution in [1.82, 2.24) is 14.5 Å². The van der Waals surface area contributed by atoms with Gasteiger partial charge >= 0.3 is 5.56 Å². The van der Waals surface area contributed by atoms with Crippen molar-refractivity contribution >= 4 is 5.70 Å². The minimum absolute atomic E-state index is 0.154. The predicted molar refractivity (Wildman–Crippen MR) is 121 cm³/mol. The van der Waals surface area contributed by atoms with E-state index < -0.39 is 5.56 Å². The summed E-state index contributed by atoms with van der Waals surface area (Å²) >= 11 is 0. The molecule has 4 rings (SSSR count). The van der Waals surface area contributed by atoms with Crippen molar-refractivity contribution in [2.45, 2.75) is 77.8 Å². The average Bonchev–Trinajstić information content (AvgIpc) is 3.19. The van der Waals surface area contributed by atoms with Gasteiger partial charge in [0.1, 0.15) is 17.3 Å². The molecule has 1 aliphatic carbocycles. The quantitative estimate of drug-likeness (QED) is 0.786. The van der Waals surface area contributed by atoms with Crippen molar-refractivity contribution in [3.8, 4) is 5.75 Å². The van der Waals surface area contributed by atoms with E-state index in [0.29, 0.717) is 41.3 Å². The maximum Gasteiger partial charge on any atom is 0.315 e. The van der Waals surface area contributed by atoms with Crippen LogP contribution in [0.3, 0.4) is 0 Å². The Hall–Kier alpha value is -2.63. The number of hydrogen-bond acceptors (Lipinski definition) is 4.